The van der Waals surface area contributed by atoms with Gasteiger partial charge in [-0.1, -0.05) is 6.07 Å². The van der Waals surface area contributed by atoms with Crippen molar-refractivity contribution >= 4 is 21.4 Å². The van der Waals surface area contributed by atoms with E-state index in [0.717, 1.165) is 12.8 Å². The molecule has 1 heterocycles. The van der Waals surface area contributed by atoms with Crippen LogP contribution >= 0.6 is 0 Å². The van der Waals surface area contributed by atoms with Crippen LogP contribution < -0.4 is 16.2 Å². The Morgan fingerprint density at radius 3 is 2.53 bits per heavy atom. The molecule has 0 unspecified atom stereocenters. The topological polar surface area (TPSA) is 107 Å². The smallest absolute Gasteiger partial charge is 0.240 e. The number of sulfonamides is 1. The van der Waals surface area contributed by atoms with Gasteiger partial charge in [-0.2, -0.15) is 0 Å². The van der Waals surface area contributed by atoms with E-state index in [1.165, 1.54) is 6.07 Å². The van der Waals surface area contributed by atoms with Crippen LogP contribution in [0.25, 0.3) is 0 Å². The SMILES string of the molecule is CC1(Nc2cccc(S(N)(=O)=O)c2N)CCOCC1. The van der Waals surface area contributed by atoms with Gasteiger partial charge in [0.2, 0.25) is 10.0 Å². The third-order valence-electron chi connectivity index (χ3n) is 3.41. The molecule has 1 aromatic rings. The highest BCUT2D eigenvalue weighted by Crippen LogP contribution is 2.31. The molecule has 6 nitrogen and oxygen atoms in total. The molecule has 0 aliphatic carbocycles. The summed E-state index contributed by atoms with van der Waals surface area (Å²) in [6, 6.07) is 4.79. The van der Waals surface area contributed by atoms with Gasteiger partial charge in [0.1, 0.15) is 4.90 Å². The Hall–Kier alpha value is -1.31. The fourth-order valence-electron chi connectivity index (χ4n) is 2.17. The van der Waals surface area contributed by atoms with E-state index in [-0.39, 0.29) is 16.1 Å². The highest BCUT2D eigenvalue weighted by atomic mass is 32.2. The second kappa shape index (κ2) is 4.99. The highest BCUT2D eigenvalue weighted by molar-refractivity contribution is 7.89. The lowest BCUT2D eigenvalue weighted by Gasteiger charge is -2.36. The van der Waals surface area contributed by atoms with E-state index in [1.54, 1.807) is 12.1 Å². The summed E-state index contributed by atoms with van der Waals surface area (Å²) in [5.74, 6) is 0. The van der Waals surface area contributed by atoms with Gasteiger partial charge in [-0.05, 0) is 31.9 Å². The first-order valence-corrected chi connectivity index (χ1v) is 7.64. The van der Waals surface area contributed by atoms with Gasteiger partial charge in [-0.25, -0.2) is 13.6 Å². The number of primary sulfonamides is 1. The quantitative estimate of drug-likeness (QED) is 0.715. The first-order chi connectivity index (χ1) is 8.82. The molecule has 0 spiro atoms. The van der Waals surface area contributed by atoms with Crippen LogP contribution in [0.4, 0.5) is 11.4 Å². The fraction of sp³-hybridized carbons (Fsp3) is 0.500. The number of nitrogen functional groups attached to an aromatic ring is 1. The van der Waals surface area contributed by atoms with Crippen molar-refractivity contribution in [1.29, 1.82) is 0 Å². The molecule has 0 radical (unpaired) electrons. The molecule has 1 saturated heterocycles. The van der Waals surface area contributed by atoms with Crippen LogP contribution in [0.2, 0.25) is 0 Å². The van der Waals surface area contributed by atoms with Crippen LogP contribution in [-0.2, 0) is 14.8 Å². The van der Waals surface area contributed by atoms with Crippen molar-refractivity contribution in [1.82, 2.24) is 0 Å². The Morgan fingerprint density at radius 2 is 1.95 bits per heavy atom. The number of nitrogens with one attached hydrogen (secondary N) is 1. The summed E-state index contributed by atoms with van der Waals surface area (Å²) in [4.78, 5) is -0.0480. The molecule has 1 aliphatic rings. The zero-order chi connectivity index (χ0) is 14.1. The zero-order valence-corrected chi connectivity index (χ0v) is 11.7. The number of hydrogen-bond donors (Lipinski definition) is 3. The van der Waals surface area contributed by atoms with E-state index in [1.807, 2.05) is 0 Å². The third kappa shape index (κ3) is 3.17. The van der Waals surface area contributed by atoms with E-state index in [2.05, 4.69) is 12.2 Å². The molecule has 1 aromatic carbocycles. The minimum Gasteiger partial charge on any atom is -0.396 e. The Balaban J connectivity index is 2.31. The van der Waals surface area contributed by atoms with Crippen molar-refractivity contribution in [3.63, 3.8) is 0 Å². The molecule has 0 aromatic heterocycles. The summed E-state index contributed by atoms with van der Waals surface area (Å²) in [5.41, 5.74) is 6.50. The first-order valence-electron chi connectivity index (χ1n) is 6.09. The molecule has 2 rings (SSSR count). The summed E-state index contributed by atoms with van der Waals surface area (Å²) in [6.45, 7) is 3.43. The normalized spacial score (nSPS) is 19.1. The average Bonchev–Trinajstić information content (AvgIpc) is 2.31. The molecule has 106 valence electrons. The molecule has 0 atom stereocenters. The molecular formula is C12H19N3O3S. The number of anilines is 2. The van der Waals surface area contributed by atoms with Crippen molar-refractivity contribution < 1.29 is 13.2 Å². The predicted octanol–water partition coefficient (Wildman–Crippen LogP) is 0.897. The standard InChI is InChI=1S/C12H19N3O3S/c1-12(5-7-18-8-6-12)15-9-3-2-4-10(11(9)13)19(14,16)17/h2-4,15H,5-8,13H2,1H3,(H2,14,16,17). The van der Waals surface area contributed by atoms with Crippen molar-refractivity contribution in [2.75, 3.05) is 24.3 Å². The van der Waals surface area contributed by atoms with E-state index >= 15 is 0 Å². The average molecular weight is 285 g/mol. The number of nitrogens with two attached hydrogens (primary N) is 2. The summed E-state index contributed by atoms with van der Waals surface area (Å²) >= 11 is 0. The van der Waals surface area contributed by atoms with E-state index in [9.17, 15) is 8.42 Å². The van der Waals surface area contributed by atoms with E-state index < -0.39 is 10.0 Å². The minimum absolute atomic E-state index is 0.0480. The highest BCUT2D eigenvalue weighted by Gasteiger charge is 2.28. The van der Waals surface area contributed by atoms with E-state index in [0.29, 0.717) is 18.9 Å². The van der Waals surface area contributed by atoms with E-state index in [4.69, 9.17) is 15.6 Å². The van der Waals surface area contributed by atoms with Crippen molar-refractivity contribution in [2.45, 2.75) is 30.2 Å². The van der Waals surface area contributed by atoms with Crippen LogP contribution in [0.5, 0.6) is 0 Å². The molecule has 1 fully saturated rings. The van der Waals surface area contributed by atoms with Gasteiger partial charge < -0.3 is 15.8 Å². The van der Waals surface area contributed by atoms with Gasteiger partial charge in [-0.3, -0.25) is 0 Å². The molecule has 1 aliphatic heterocycles. The van der Waals surface area contributed by atoms with Crippen molar-refractivity contribution in [3.05, 3.63) is 18.2 Å². The van der Waals surface area contributed by atoms with Gasteiger partial charge in [0, 0.05) is 18.8 Å². The second-order valence-corrected chi connectivity index (χ2v) is 6.59. The molecule has 0 amide bonds. The molecular weight excluding hydrogens is 266 g/mol. The van der Waals surface area contributed by atoms with Gasteiger partial charge in [0.05, 0.1) is 11.4 Å². The third-order valence-corrected chi connectivity index (χ3v) is 4.37. The van der Waals surface area contributed by atoms with Gasteiger partial charge in [-0.15, -0.1) is 0 Å². The number of rotatable bonds is 3. The lowest BCUT2D eigenvalue weighted by molar-refractivity contribution is 0.0658. The van der Waals surface area contributed by atoms with Gasteiger partial charge in [0.25, 0.3) is 0 Å². The summed E-state index contributed by atoms with van der Waals surface area (Å²) in [5, 5.41) is 8.45. The van der Waals surface area contributed by atoms with Crippen molar-refractivity contribution in [2.24, 2.45) is 5.14 Å². The zero-order valence-electron chi connectivity index (χ0n) is 10.8. The Labute approximate surface area is 113 Å². The number of para-hydroxylation sites is 1. The molecule has 5 N–H and O–H groups in total. The molecule has 0 bridgehead atoms. The van der Waals surface area contributed by atoms with Gasteiger partial charge >= 0.3 is 0 Å². The predicted molar refractivity (Wildman–Crippen MR) is 74.3 cm³/mol. The Morgan fingerprint density at radius 1 is 1.32 bits per heavy atom. The minimum atomic E-state index is -3.81. The number of benzene rings is 1. The summed E-state index contributed by atoms with van der Waals surface area (Å²) in [6.07, 6.45) is 1.68. The molecule has 7 heteroatoms. The van der Waals surface area contributed by atoms with Crippen LogP contribution in [0.15, 0.2) is 23.1 Å². The number of hydrogen-bond acceptors (Lipinski definition) is 5. The fourth-order valence-corrected chi connectivity index (χ4v) is 2.86. The maximum atomic E-state index is 11.4. The van der Waals surface area contributed by atoms with Crippen LogP contribution in [-0.4, -0.2) is 27.2 Å². The molecule has 0 saturated carbocycles. The van der Waals surface area contributed by atoms with Gasteiger partial charge in [0.15, 0.2) is 0 Å². The Kier molecular flexibility index (Phi) is 3.71. The van der Waals surface area contributed by atoms with Crippen LogP contribution in [0.3, 0.4) is 0 Å². The second-order valence-electron chi connectivity index (χ2n) is 5.06. The van der Waals surface area contributed by atoms with Crippen LogP contribution in [0, 0.1) is 0 Å². The molecule has 19 heavy (non-hydrogen) atoms. The maximum absolute atomic E-state index is 11.4. The lowest BCUT2D eigenvalue weighted by atomic mass is 9.92. The number of ether oxygens (including phenoxy) is 1. The monoisotopic (exact) mass is 285 g/mol. The summed E-state index contributed by atoms with van der Waals surface area (Å²) in [7, 11) is -3.81. The summed E-state index contributed by atoms with van der Waals surface area (Å²) < 4.78 is 28.2. The lowest BCUT2D eigenvalue weighted by Crippen LogP contribution is -2.40. The largest absolute Gasteiger partial charge is 0.396 e. The first kappa shape index (κ1) is 14.1. The van der Waals surface area contributed by atoms with Crippen molar-refractivity contribution in [3.8, 4) is 0 Å². The Bertz CT molecular complexity index is 566. The maximum Gasteiger partial charge on any atom is 0.240 e. The van der Waals surface area contributed by atoms with Crippen LogP contribution in [0.1, 0.15) is 19.8 Å².